The van der Waals surface area contributed by atoms with Gasteiger partial charge in [-0.1, -0.05) is 23.7 Å². The third-order valence-corrected chi connectivity index (χ3v) is 5.59. The zero-order valence-electron chi connectivity index (χ0n) is 14.6. The number of carbonyl (C=O) groups excluding carboxylic acids is 1. The van der Waals surface area contributed by atoms with Crippen molar-refractivity contribution in [3.8, 4) is 5.75 Å². The second kappa shape index (κ2) is 7.36. The predicted octanol–water partition coefficient (Wildman–Crippen LogP) is 2.88. The Morgan fingerprint density at radius 2 is 1.96 bits per heavy atom. The van der Waals surface area contributed by atoms with E-state index >= 15 is 0 Å². The van der Waals surface area contributed by atoms with Crippen molar-refractivity contribution in [3.63, 3.8) is 0 Å². The number of carbonyl (C=O) groups is 1. The SMILES string of the molecule is C[C@H](NC(=O)[C@@H]1CN(S(C)(=O)=O)c2cc(Cl)ccc2O1)c1ccc(F)cc1. The summed E-state index contributed by atoms with van der Waals surface area (Å²) < 4.78 is 44.2. The summed E-state index contributed by atoms with van der Waals surface area (Å²) in [5.74, 6) is -0.585. The summed E-state index contributed by atoms with van der Waals surface area (Å²) >= 11 is 5.96. The maximum Gasteiger partial charge on any atom is 0.263 e. The summed E-state index contributed by atoms with van der Waals surface area (Å²) in [7, 11) is -3.63. The maximum absolute atomic E-state index is 13.0. The van der Waals surface area contributed by atoms with Crippen LogP contribution in [0.2, 0.25) is 5.02 Å². The summed E-state index contributed by atoms with van der Waals surface area (Å²) in [5.41, 5.74) is 1.01. The molecule has 0 unspecified atom stereocenters. The summed E-state index contributed by atoms with van der Waals surface area (Å²) in [6, 6.07) is 9.92. The number of amides is 1. The van der Waals surface area contributed by atoms with E-state index in [2.05, 4.69) is 5.32 Å². The molecule has 1 amide bonds. The molecule has 144 valence electrons. The average molecular weight is 413 g/mol. The van der Waals surface area contributed by atoms with Crippen LogP contribution in [-0.2, 0) is 14.8 Å². The first-order valence-corrected chi connectivity index (χ1v) is 10.4. The molecule has 1 heterocycles. The second-order valence-electron chi connectivity index (χ2n) is 6.29. The van der Waals surface area contributed by atoms with Crippen LogP contribution in [0.25, 0.3) is 0 Å². The Balaban J connectivity index is 1.81. The predicted molar refractivity (Wildman–Crippen MR) is 101 cm³/mol. The number of nitrogens with one attached hydrogen (secondary N) is 1. The van der Waals surface area contributed by atoms with Gasteiger partial charge in [-0.2, -0.15) is 0 Å². The zero-order valence-corrected chi connectivity index (χ0v) is 16.2. The van der Waals surface area contributed by atoms with Crippen molar-refractivity contribution >= 4 is 33.2 Å². The number of rotatable bonds is 4. The Labute approximate surface area is 161 Å². The summed E-state index contributed by atoms with van der Waals surface area (Å²) in [5, 5.41) is 3.13. The van der Waals surface area contributed by atoms with E-state index in [0.717, 1.165) is 10.6 Å². The number of anilines is 1. The van der Waals surface area contributed by atoms with E-state index in [0.29, 0.717) is 16.3 Å². The number of sulfonamides is 1. The third-order valence-electron chi connectivity index (χ3n) is 4.21. The largest absolute Gasteiger partial charge is 0.476 e. The van der Waals surface area contributed by atoms with Gasteiger partial charge in [0, 0.05) is 5.02 Å². The molecule has 0 fully saturated rings. The van der Waals surface area contributed by atoms with Crippen molar-refractivity contribution in [1.82, 2.24) is 5.32 Å². The van der Waals surface area contributed by atoms with Crippen molar-refractivity contribution in [2.24, 2.45) is 0 Å². The highest BCUT2D eigenvalue weighted by molar-refractivity contribution is 7.92. The smallest absolute Gasteiger partial charge is 0.263 e. The van der Waals surface area contributed by atoms with Crippen LogP contribution in [0.4, 0.5) is 10.1 Å². The number of ether oxygens (including phenoxy) is 1. The molecule has 1 aliphatic rings. The first-order valence-electron chi connectivity index (χ1n) is 8.15. The summed E-state index contributed by atoms with van der Waals surface area (Å²) in [4.78, 5) is 12.6. The Bertz CT molecular complexity index is 966. The number of halogens is 2. The molecule has 2 aromatic carbocycles. The van der Waals surface area contributed by atoms with Crippen LogP contribution in [0.5, 0.6) is 5.75 Å². The maximum atomic E-state index is 13.0. The number of nitrogens with zero attached hydrogens (tertiary/aromatic N) is 1. The molecule has 0 radical (unpaired) electrons. The molecular formula is C18H18ClFN2O4S. The van der Waals surface area contributed by atoms with Gasteiger partial charge in [0.25, 0.3) is 5.91 Å². The fraction of sp³-hybridized carbons (Fsp3) is 0.278. The second-order valence-corrected chi connectivity index (χ2v) is 8.64. The summed E-state index contributed by atoms with van der Waals surface area (Å²) in [6.45, 7) is 1.57. The van der Waals surface area contributed by atoms with E-state index in [-0.39, 0.29) is 18.1 Å². The van der Waals surface area contributed by atoms with Crippen LogP contribution in [0.3, 0.4) is 0 Å². The van der Waals surface area contributed by atoms with E-state index in [1.807, 2.05) is 0 Å². The molecule has 0 saturated heterocycles. The molecule has 1 N–H and O–H groups in total. The summed E-state index contributed by atoms with van der Waals surface area (Å²) in [6.07, 6.45) is 0.0235. The highest BCUT2D eigenvalue weighted by Gasteiger charge is 2.35. The molecule has 9 heteroatoms. The standard InChI is InChI=1S/C18H18ClFN2O4S/c1-11(12-3-6-14(20)7-4-12)21-18(23)17-10-22(27(2,24)25)15-9-13(19)5-8-16(15)26-17/h3-9,11,17H,10H2,1-2H3,(H,21,23)/t11-,17-/m0/s1. The molecule has 0 aromatic heterocycles. The molecule has 3 rings (SSSR count). The lowest BCUT2D eigenvalue weighted by molar-refractivity contribution is -0.128. The first-order chi connectivity index (χ1) is 12.6. The van der Waals surface area contributed by atoms with Gasteiger partial charge < -0.3 is 10.1 Å². The first kappa shape index (κ1) is 19.4. The lowest BCUT2D eigenvalue weighted by atomic mass is 10.1. The lowest BCUT2D eigenvalue weighted by Crippen LogP contribution is -2.50. The molecular weight excluding hydrogens is 395 g/mol. The van der Waals surface area contributed by atoms with Crippen LogP contribution in [0.1, 0.15) is 18.5 Å². The Kier molecular flexibility index (Phi) is 5.30. The molecule has 1 aliphatic heterocycles. The fourth-order valence-corrected chi connectivity index (χ4v) is 3.89. The molecule has 0 saturated carbocycles. The van der Waals surface area contributed by atoms with Gasteiger partial charge >= 0.3 is 0 Å². The van der Waals surface area contributed by atoms with Crippen molar-refractivity contribution in [3.05, 3.63) is 58.9 Å². The van der Waals surface area contributed by atoms with Crippen molar-refractivity contribution < 1.29 is 22.3 Å². The third kappa shape index (κ3) is 4.33. The van der Waals surface area contributed by atoms with E-state index < -0.39 is 28.1 Å². The zero-order chi connectivity index (χ0) is 19.8. The van der Waals surface area contributed by atoms with Gasteiger partial charge in [-0.25, -0.2) is 12.8 Å². The number of fused-ring (bicyclic) bond motifs is 1. The van der Waals surface area contributed by atoms with Gasteiger partial charge in [0.1, 0.15) is 11.6 Å². The van der Waals surface area contributed by atoms with Gasteiger partial charge in [-0.15, -0.1) is 0 Å². The number of hydrogen-bond acceptors (Lipinski definition) is 4. The topological polar surface area (TPSA) is 75.7 Å². The minimum absolute atomic E-state index is 0.172. The normalized spacial score (nSPS) is 17.6. The van der Waals surface area contributed by atoms with Crippen LogP contribution >= 0.6 is 11.6 Å². The van der Waals surface area contributed by atoms with Crippen molar-refractivity contribution in [2.45, 2.75) is 19.1 Å². The lowest BCUT2D eigenvalue weighted by Gasteiger charge is -2.34. The Hall–Kier alpha value is -2.32. The quantitative estimate of drug-likeness (QED) is 0.837. The van der Waals surface area contributed by atoms with Crippen LogP contribution in [0, 0.1) is 5.82 Å². The van der Waals surface area contributed by atoms with E-state index in [4.69, 9.17) is 16.3 Å². The highest BCUT2D eigenvalue weighted by Crippen LogP contribution is 2.37. The van der Waals surface area contributed by atoms with Gasteiger partial charge in [-0.3, -0.25) is 9.10 Å². The number of hydrogen-bond donors (Lipinski definition) is 1. The van der Waals surface area contributed by atoms with Gasteiger partial charge in [0.15, 0.2) is 6.10 Å². The minimum atomic E-state index is -3.63. The molecule has 2 atom stereocenters. The Morgan fingerprint density at radius 1 is 1.30 bits per heavy atom. The Morgan fingerprint density at radius 3 is 2.59 bits per heavy atom. The average Bonchev–Trinajstić information content (AvgIpc) is 2.60. The van der Waals surface area contributed by atoms with E-state index in [1.54, 1.807) is 25.1 Å². The van der Waals surface area contributed by atoms with Crippen LogP contribution in [-0.4, -0.2) is 33.2 Å². The number of benzene rings is 2. The van der Waals surface area contributed by atoms with Crippen molar-refractivity contribution in [1.29, 1.82) is 0 Å². The molecule has 0 spiro atoms. The fourth-order valence-electron chi connectivity index (χ4n) is 2.82. The van der Waals surface area contributed by atoms with Crippen LogP contribution < -0.4 is 14.4 Å². The molecule has 0 bridgehead atoms. The van der Waals surface area contributed by atoms with Crippen LogP contribution in [0.15, 0.2) is 42.5 Å². The van der Waals surface area contributed by atoms with Gasteiger partial charge in [-0.05, 0) is 42.8 Å². The minimum Gasteiger partial charge on any atom is -0.476 e. The molecule has 0 aliphatic carbocycles. The van der Waals surface area contributed by atoms with Gasteiger partial charge in [0.2, 0.25) is 10.0 Å². The monoisotopic (exact) mass is 412 g/mol. The van der Waals surface area contributed by atoms with Crippen molar-refractivity contribution in [2.75, 3.05) is 17.1 Å². The molecule has 27 heavy (non-hydrogen) atoms. The highest BCUT2D eigenvalue weighted by atomic mass is 35.5. The van der Waals surface area contributed by atoms with Gasteiger partial charge in [0.05, 0.1) is 24.5 Å². The van der Waals surface area contributed by atoms with E-state index in [9.17, 15) is 17.6 Å². The van der Waals surface area contributed by atoms with E-state index in [1.165, 1.54) is 24.3 Å². The molecule has 6 nitrogen and oxygen atoms in total. The molecule has 2 aromatic rings.